The van der Waals surface area contributed by atoms with E-state index < -0.39 is 23.6 Å². The van der Waals surface area contributed by atoms with E-state index in [2.05, 4.69) is 26.6 Å². The van der Waals surface area contributed by atoms with Gasteiger partial charge in [-0.3, -0.25) is 5.32 Å². The molecule has 0 aliphatic heterocycles. The molecule has 188 valence electrons. The molecule has 2 unspecified atom stereocenters. The molecule has 2 atom stereocenters. The number of methoxy groups -OCH3 is 1. The first kappa shape index (κ1) is 26.0. The van der Waals surface area contributed by atoms with Crippen molar-refractivity contribution in [2.24, 2.45) is 0 Å². The third-order valence-electron chi connectivity index (χ3n) is 5.97. The molecule has 0 aliphatic rings. The highest BCUT2D eigenvalue weighted by molar-refractivity contribution is 9.10. The van der Waals surface area contributed by atoms with E-state index in [0.29, 0.717) is 5.56 Å². The first-order valence-electron chi connectivity index (χ1n) is 11.7. The Bertz CT molecular complexity index is 1300. The Morgan fingerprint density at radius 2 is 1.38 bits per heavy atom. The Kier molecular flexibility index (Phi) is 8.59. The number of rotatable bonds is 9. The smallest absolute Gasteiger partial charge is 0.408 e. The Morgan fingerprint density at radius 3 is 1.97 bits per heavy atom. The van der Waals surface area contributed by atoms with Gasteiger partial charge < -0.3 is 14.8 Å². The molecule has 0 spiro atoms. The Morgan fingerprint density at radius 1 is 0.811 bits per heavy atom. The number of para-hydroxylation sites is 1. The fourth-order valence-corrected chi connectivity index (χ4v) is 4.44. The number of carbonyl (C=O) groups excluding carboxylic acids is 2. The van der Waals surface area contributed by atoms with Crippen molar-refractivity contribution in [1.29, 1.82) is 0 Å². The standard InChI is InChI=1S/C30H27BrN2O4/c1-36-28(34)30(24-17-19-25(31)20-18-24,33-29(35)37-21-22-11-5-2-6-12-22)27(23-13-7-3-8-14-23)32-26-15-9-4-10-16-26/h2-20,27,32H,21H2,1H3,(H,33,35). The molecule has 0 heterocycles. The lowest BCUT2D eigenvalue weighted by atomic mass is 9.78. The molecule has 0 saturated heterocycles. The number of carbonyl (C=O) groups is 2. The van der Waals surface area contributed by atoms with Gasteiger partial charge in [0.2, 0.25) is 0 Å². The summed E-state index contributed by atoms with van der Waals surface area (Å²) in [6, 6.07) is 34.7. The van der Waals surface area contributed by atoms with Crippen molar-refractivity contribution in [2.75, 3.05) is 12.4 Å². The number of hydrogen-bond donors (Lipinski definition) is 2. The highest BCUT2D eigenvalue weighted by Gasteiger charge is 2.51. The van der Waals surface area contributed by atoms with Crippen LogP contribution in [0.4, 0.5) is 10.5 Å². The summed E-state index contributed by atoms with van der Waals surface area (Å²) in [4.78, 5) is 27.1. The molecule has 0 saturated carbocycles. The van der Waals surface area contributed by atoms with Crippen LogP contribution in [0.1, 0.15) is 22.7 Å². The quantitative estimate of drug-likeness (QED) is 0.226. The molecule has 0 fully saturated rings. The first-order chi connectivity index (χ1) is 18.0. The molecular weight excluding hydrogens is 532 g/mol. The van der Waals surface area contributed by atoms with Gasteiger partial charge in [-0.1, -0.05) is 107 Å². The molecule has 2 N–H and O–H groups in total. The predicted molar refractivity (Wildman–Crippen MR) is 147 cm³/mol. The van der Waals surface area contributed by atoms with Crippen molar-refractivity contribution in [1.82, 2.24) is 5.32 Å². The van der Waals surface area contributed by atoms with Gasteiger partial charge in [0.15, 0.2) is 5.54 Å². The van der Waals surface area contributed by atoms with Crippen LogP contribution in [0.3, 0.4) is 0 Å². The lowest BCUT2D eigenvalue weighted by molar-refractivity contribution is -0.150. The van der Waals surface area contributed by atoms with Crippen LogP contribution < -0.4 is 10.6 Å². The monoisotopic (exact) mass is 558 g/mol. The minimum absolute atomic E-state index is 0.0480. The summed E-state index contributed by atoms with van der Waals surface area (Å²) in [5.74, 6) is -0.649. The van der Waals surface area contributed by atoms with Crippen LogP contribution in [0.15, 0.2) is 120 Å². The molecular formula is C30H27BrN2O4. The van der Waals surface area contributed by atoms with Crippen molar-refractivity contribution >= 4 is 33.7 Å². The molecule has 6 nitrogen and oxygen atoms in total. The largest absolute Gasteiger partial charge is 0.467 e. The maximum atomic E-state index is 13.8. The second-order valence-electron chi connectivity index (χ2n) is 8.35. The summed E-state index contributed by atoms with van der Waals surface area (Å²) in [5.41, 5.74) is 1.20. The summed E-state index contributed by atoms with van der Waals surface area (Å²) in [6.07, 6.45) is -0.757. The number of esters is 1. The molecule has 4 rings (SSSR count). The Balaban J connectivity index is 1.82. The molecule has 0 radical (unpaired) electrons. The van der Waals surface area contributed by atoms with Crippen molar-refractivity contribution in [3.8, 4) is 0 Å². The minimum Gasteiger partial charge on any atom is -0.467 e. The summed E-state index contributed by atoms with van der Waals surface area (Å²) in [5, 5.41) is 6.35. The molecule has 7 heteroatoms. The number of nitrogens with one attached hydrogen (secondary N) is 2. The number of anilines is 1. The third-order valence-corrected chi connectivity index (χ3v) is 6.50. The molecule has 4 aromatic carbocycles. The zero-order chi connectivity index (χ0) is 26.1. The number of amides is 1. The summed E-state index contributed by atoms with van der Waals surface area (Å²) >= 11 is 3.46. The van der Waals surface area contributed by atoms with Crippen LogP contribution >= 0.6 is 15.9 Å². The normalized spacial score (nSPS) is 13.0. The number of benzene rings is 4. The number of hydrogen-bond acceptors (Lipinski definition) is 5. The van der Waals surface area contributed by atoms with Gasteiger partial charge in [0.25, 0.3) is 0 Å². The van der Waals surface area contributed by atoms with Crippen molar-refractivity contribution in [3.63, 3.8) is 0 Å². The highest BCUT2D eigenvalue weighted by atomic mass is 79.9. The predicted octanol–water partition coefficient (Wildman–Crippen LogP) is 6.60. The van der Waals surface area contributed by atoms with Gasteiger partial charge in [0.05, 0.1) is 13.2 Å². The average molecular weight is 559 g/mol. The van der Waals surface area contributed by atoms with Crippen LogP contribution in [0.5, 0.6) is 0 Å². The minimum atomic E-state index is -1.68. The number of alkyl carbamates (subject to hydrolysis) is 1. The van der Waals surface area contributed by atoms with E-state index in [0.717, 1.165) is 21.3 Å². The summed E-state index contributed by atoms with van der Waals surface area (Å²) < 4.78 is 11.7. The van der Waals surface area contributed by atoms with Gasteiger partial charge in [0.1, 0.15) is 6.61 Å². The van der Waals surface area contributed by atoms with E-state index in [-0.39, 0.29) is 6.61 Å². The van der Waals surface area contributed by atoms with Crippen molar-refractivity contribution < 1.29 is 19.1 Å². The van der Waals surface area contributed by atoms with E-state index in [9.17, 15) is 9.59 Å². The lowest BCUT2D eigenvalue weighted by Gasteiger charge is -2.40. The van der Waals surface area contributed by atoms with Crippen LogP contribution in [0, 0.1) is 0 Å². The van der Waals surface area contributed by atoms with Gasteiger partial charge in [-0.2, -0.15) is 0 Å². The molecule has 37 heavy (non-hydrogen) atoms. The van der Waals surface area contributed by atoms with Crippen LogP contribution in [0.25, 0.3) is 0 Å². The highest BCUT2D eigenvalue weighted by Crippen LogP contribution is 2.40. The SMILES string of the molecule is COC(=O)C(NC(=O)OCc1ccccc1)(c1ccc(Br)cc1)C(Nc1ccccc1)c1ccccc1. The van der Waals surface area contributed by atoms with Gasteiger partial charge in [-0.05, 0) is 41.0 Å². The molecule has 1 amide bonds. The molecule has 0 aromatic heterocycles. The molecule has 0 bridgehead atoms. The Labute approximate surface area is 224 Å². The van der Waals surface area contributed by atoms with Crippen LogP contribution in [-0.2, 0) is 26.4 Å². The lowest BCUT2D eigenvalue weighted by Crippen LogP contribution is -2.58. The zero-order valence-corrected chi connectivity index (χ0v) is 21.9. The zero-order valence-electron chi connectivity index (χ0n) is 20.3. The van der Waals surface area contributed by atoms with E-state index in [1.54, 1.807) is 12.1 Å². The van der Waals surface area contributed by atoms with Crippen LogP contribution in [0.2, 0.25) is 0 Å². The van der Waals surface area contributed by atoms with Crippen LogP contribution in [-0.4, -0.2) is 19.2 Å². The average Bonchev–Trinajstić information content (AvgIpc) is 2.95. The van der Waals surface area contributed by atoms with Crippen molar-refractivity contribution in [3.05, 3.63) is 136 Å². The second kappa shape index (κ2) is 12.2. The fraction of sp³-hybridized carbons (Fsp3) is 0.133. The molecule has 0 aliphatic carbocycles. The Hall–Kier alpha value is -4.10. The van der Waals surface area contributed by atoms with E-state index in [1.165, 1.54) is 7.11 Å². The summed E-state index contributed by atoms with van der Waals surface area (Å²) in [7, 11) is 1.30. The van der Waals surface area contributed by atoms with Gasteiger partial charge in [-0.15, -0.1) is 0 Å². The number of halogens is 1. The van der Waals surface area contributed by atoms with E-state index >= 15 is 0 Å². The van der Waals surface area contributed by atoms with E-state index in [4.69, 9.17) is 9.47 Å². The summed E-state index contributed by atoms with van der Waals surface area (Å²) in [6.45, 7) is 0.0480. The number of ether oxygens (including phenoxy) is 2. The van der Waals surface area contributed by atoms with Crippen molar-refractivity contribution in [2.45, 2.75) is 18.2 Å². The third kappa shape index (κ3) is 6.19. The second-order valence-corrected chi connectivity index (χ2v) is 9.26. The topological polar surface area (TPSA) is 76.7 Å². The van der Waals surface area contributed by atoms with Gasteiger partial charge in [0, 0.05) is 10.2 Å². The maximum Gasteiger partial charge on any atom is 0.408 e. The fourth-order valence-electron chi connectivity index (χ4n) is 4.18. The first-order valence-corrected chi connectivity index (χ1v) is 12.5. The van der Waals surface area contributed by atoms with Gasteiger partial charge in [-0.25, -0.2) is 9.59 Å². The molecule has 4 aromatic rings. The van der Waals surface area contributed by atoms with Gasteiger partial charge >= 0.3 is 12.1 Å². The van der Waals surface area contributed by atoms with E-state index in [1.807, 2.05) is 103 Å². The maximum absolute atomic E-state index is 13.8.